The zero-order valence-corrected chi connectivity index (χ0v) is 8.58. The first-order chi connectivity index (χ1) is 6.20. The van der Waals surface area contributed by atoms with Gasteiger partial charge in [0.05, 0.1) is 26.7 Å². The number of nitrogens with zero attached hydrogens (tertiary/aromatic N) is 1. The van der Waals surface area contributed by atoms with Crippen molar-refractivity contribution in [2.24, 2.45) is 5.92 Å². The zero-order chi connectivity index (χ0) is 9.73. The predicted molar refractivity (Wildman–Crippen MR) is 52.3 cm³/mol. The number of rotatable bonds is 4. The van der Waals surface area contributed by atoms with Crippen molar-refractivity contribution in [3.8, 4) is 0 Å². The van der Waals surface area contributed by atoms with Crippen LogP contribution in [0.25, 0.3) is 0 Å². The predicted octanol–water partition coefficient (Wildman–Crippen LogP) is 0.218. The molecule has 0 aliphatic carbocycles. The summed E-state index contributed by atoms with van der Waals surface area (Å²) in [6.07, 6.45) is 3.18. The van der Waals surface area contributed by atoms with Gasteiger partial charge in [-0.3, -0.25) is 0 Å². The molecule has 3 nitrogen and oxygen atoms in total. The van der Waals surface area contributed by atoms with Crippen LogP contribution in [0.2, 0.25) is 0 Å². The molecule has 0 bridgehead atoms. The lowest BCUT2D eigenvalue weighted by Gasteiger charge is -2.40. The molecule has 0 aromatic heterocycles. The van der Waals surface area contributed by atoms with Gasteiger partial charge in [0.2, 0.25) is 0 Å². The van der Waals surface area contributed by atoms with Crippen molar-refractivity contribution in [1.82, 2.24) is 0 Å². The summed E-state index contributed by atoms with van der Waals surface area (Å²) >= 11 is 0. The van der Waals surface area contributed by atoms with Gasteiger partial charge in [-0.05, 0) is 5.92 Å². The fourth-order valence-electron chi connectivity index (χ4n) is 2.10. The minimum atomic E-state index is 0.303. The van der Waals surface area contributed by atoms with Gasteiger partial charge in [0.1, 0.15) is 0 Å². The van der Waals surface area contributed by atoms with Crippen LogP contribution in [0.5, 0.6) is 0 Å². The summed E-state index contributed by atoms with van der Waals surface area (Å²) in [7, 11) is 2.25. The van der Waals surface area contributed by atoms with Gasteiger partial charge in [0.25, 0.3) is 0 Å². The van der Waals surface area contributed by atoms with Gasteiger partial charge in [-0.25, -0.2) is 0 Å². The molecule has 0 spiro atoms. The Hall–Kier alpha value is -0.120. The maximum atomic E-state index is 8.99. The summed E-state index contributed by atoms with van der Waals surface area (Å²) in [6, 6.07) is 0. The quantitative estimate of drug-likeness (QED) is 0.620. The highest BCUT2D eigenvalue weighted by atomic mass is 16.3. The van der Waals surface area contributed by atoms with Crippen LogP contribution in [0.4, 0.5) is 0 Å². The lowest BCUT2D eigenvalue weighted by Crippen LogP contribution is -2.50. The second-order valence-electron chi connectivity index (χ2n) is 4.49. The lowest BCUT2D eigenvalue weighted by atomic mass is 9.96. The van der Waals surface area contributed by atoms with Gasteiger partial charge < -0.3 is 14.7 Å². The highest BCUT2D eigenvalue weighted by molar-refractivity contribution is 4.63. The molecule has 1 fully saturated rings. The van der Waals surface area contributed by atoms with E-state index in [-0.39, 0.29) is 0 Å². The van der Waals surface area contributed by atoms with Gasteiger partial charge >= 0.3 is 0 Å². The Labute approximate surface area is 80.6 Å². The van der Waals surface area contributed by atoms with Crippen LogP contribution in [-0.2, 0) is 0 Å². The average molecular weight is 188 g/mol. The molecule has 0 radical (unpaired) electrons. The van der Waals surface area contributed by atoms with Crippen molar-refractivity contribution < 1.29 is 14.7 Å². The van der Waals surface area contributed by atoms with Crippen molar-refractivity contribution >= 4 is 0 Å². The van der Waals surface area contributed by atoms with Crippen LogP contribution in [0.15, 0.2) is 0 Å². The van der Waals surface area contributed by atoms with E-state index in [0.717, 1.165) is 43.4 Å². The van der Waals surface area contributed by atoms with Crippen LogP contribution in [0.3, 0.4) is 0 Å². The van der Waals surface area contributed by atoms with E-state index in [1.54, 1.807) is 0 Å². The number of aliphatic hydroxyl groups excluding tert-OH is 2. The largest absolute Gasteiger partial charge is 0.396 e. The Balaban J connectivity index is 2.28. The van der Waals surface area contributed by atoms with Crippen molar-refractivity contribution in [1.29, 1.82) is 0 Å². The number of likely N-dealkylation sites (tertiary alicyclic amines) is 1. The molecule has 3 heteroatoms. The van der Waals surface area contributed by atoms with Crippen molar-refractivity contribution in [3.63, 3.8) is 0 Å². The molecule has 1 aliphatic heterocycles. The summed E-state index contributed by atoms with van der Waals surface area (Å²) in [5, 5.41) is 17.7. The monoisotopic (exact) mass is 188 g/mol. The number of hydrogen-bond donors (Lipinski definition) is 2. The van der Waals surface area contributed by atoms with E-state index < -0.39 is 0 Å². The molecule has 0 amide bonds. The van der Waals surface area contributed by atoms with E-state index in [1.165, 1.54) is 0 Å². The van der Waals surface area contributed by atoms with Crippen LogP contribution < -0.4 is 0 Å². The topological polar surface area (TPSA) is 40.5 Å². The lowest BCUT2D eigenvalue weighted by molar-refractivity contribution is -0.915. The second-order valence-corrected chi connectivity index (χ2v) is 4.49. The van der Waals surface area contributed by atoms with Crippen LogP contribution in [-0.4, -0.2) is 54.6 Å². The fraction of sp³-hybridized carbons (Fsp3) is 1.00. The van der Waals surface area contributed by atoms with E-state index in [0.29, 0.717) is 19.1 Å². The maximum Gasteiger partial charge on any atom is 0.0806 e. The molecule has 1 heterocycles. The molecule has 0 saturated carbocycles. The molecule has 1 aliphatic rings. The third kappa shape index (κ3) is 3.25. The third-order valence-electron chi connectivity index (χ3n) is 3.27. The standard InChI is InChI=1S/C10H22NO2/c1-11(5-2-8-12)6-3-10(9-13)4-7-11/h10,12-13H,2-9H2,1H3/q+1. The first-order valence-electron chi connectivity index (χ1n) is 5.25. The van der Waals surface area contributed by atoms with E-state index in [2.05, 4.69) is 7.05 Å². The van der Waals surface area contributed by atoms with Gasteiger partial charge in [-0.2, -0.15) is 0 Å². The molecule has 1 rings (SSSR count). The molecule has 0 aromatic rings. The molecule has 0 atom stereocenters. The second kappa shape index (κ2) is 4.94. The SMILES string of the molecule is C[N+]1(CCCO)CCC(CO)CC1. The van der Waals surface area contributed by atoms with Gasteiger partial charge in [0, 0.05) is 32.5 Å². The number of quaternary nitrogens is 1. The Bertz CT molecular complexity index is 142. The molecule has 0 aromatic carbocycles. The first kappa shape index (κ1) is 11.0. The molecular formula is C10H22NO2+. The Morgan fingerprint density at radius 2 is 1.85 bits per heavy atom. The van der Waals surface area contributed by atoms with Gasteiger partial charge in [-0.15, -0.1) is 0 Å². The molecule has 2 N–H and O–H groups in total. The molecule has 0 unspecified atom stereocenters. The zero-order valence-electron chi connectivity index (χ0n) is 8.58. The average Bonchev–Trinajstić information content (AvgIpc) is 2.16. The number of aliphatic hydroxyl groups is 2. The Morgan fingerprint density at radius 1 is 1.23 bits per heavy atom. The highest BCUT2D eigenvalue weighted by Crippen LogP contribution is 2.21. The summed E-state index contributed by atoms with van der Waals surface area (Å²) in [5.74, 6) is 0.528. The normalized spacial score (nSPS) is 34.8. The Morgan fingerprint density at radius 3 is 2.31 bits per heavy atom. The number of piperidine rings is 1. The van der Waals surface area contributed by atoms with Gasteiger partial charge in [0.15, 0.2) is 0 Å². The summed E-state index contributed by atoms with van der Waals surface area (Å²) < 4.78 is 1.08. The van der Waals surface area contributed by atoms with Crippen molar-refractivity contribution in [3.05, 3.63) is 0 Å². The summed E-state index contributed by atoms with van der Waals surface area (Å²) in [6.45, 7) is 4.04. The van der Waals surface area contributed by atoms with E-state index in [1.807, 2.05) is 0 Å². The fourth-order valence-corrected chi connectivity index (χ4v) is 2.10. The first-order valence-corrected chi connectivity index (χ1v) is 5.25. The van der Waals surface area contributed by atoms with Crippen LogP contribution >= 0.6 is 0 Å². The van der Waals surface area contributed by atoms with E-state index >= 15 is 0 Å². The minimum absolute atomic E-state index is 0.303. The van der Waals surface area contributed by atoms with Crippen LogP contribution in [0, 0.1) is 5.92 Å². The van der Waals surface area contributed by atoms with E-state index in [4.69, 9.17) is 10.2 Å². The maximum absolute atomic E-state index is 8.99. The molecule has 13 heavy (non-hydrogen) atoms. The van der Waals surface area contributed by atoms with E-state index in [9.17, 15) is 0 Å². The minimum Gasteiger partial charge on any atom is -0.396 e. The van der Waals surface area contributed by atoms with Crippen LogP contribution in [0.1, 0.15) is 19.3 Å². The summed E-state index contributed by atoms with van der Waals surface area (Å²) in [5.41, 5.74) is 0. The third-order valence-corrected chi connectivity index (χ3v) is 3.27. The molecule has 1 saturated heterocycles. The molecule has 78 valence electrons. The summed E-state index contributed by atoms with van der Waals surface area (Å²) in [4.78, 5) is 0. The smallest absolute Gasteiger partial charge is 0.0806 e. The highest BCUT2D eigenvalue weighted by Gasteiger charge is 2.28. The molecular weight excluding hydrogens is 166 g/mol. The van der Waals surface area contributed by atoms with Crippen molar-refractivity contribution in [2.75, 3.05) is 39.9 Å². The Kier molecular flexibility index (Phi) is 4.16. The number of hydrogen-bond acceptors (Lipinski definition) is 2. The van der Waals surface area contributed by atoms with Crippen molar-refractivity contribution in [2.45, 2.75) is 19.3 Å². The van der Waals surface area contributed by atoms with Gasteiger partial charge in [-0.1, -0.05) is 0 Å².